The van der Waals surface area contributed by atoms with Gasteiger partial charge >= 0.3 is 5.97 Å². The van der Waals surface area contributed by atoms with Crippen molar-refractivity contribution in [1.29, 1.82) is 0 Å². The van der Waals surface area contributed by atoms with E-state index in [4.69, 9.17) is 9.29 Å². The van der Waals surface area contributed by atoms with Gasteiger partial charge in [-0.15, -0.1) is 0 Å². The third-order valence-electron chi connectivity index (χ3n) is 5.57. The predicted molar refractivity (Wildman–Crippen MR) is 116 cm³/mol. The van der Waals surface area contributed by atoms with Crippen molar-refractivity contribution in [3.05, 3.63) is 75.2 Å². The number of rotatable bonds is 0. The molecule has 9 heteroatoms. The molecule has 6 rings (SSSR count). The number of nitrogens with one attached hydrogen (secondary N) is 1. The fraction of sp³-hybridized carbons (Fsp3) is 0.182. The minimum absolute atomic E-state index is 0.0579. The number of hydrogen-bond acceptors (Lipinski definition) is 6. The van der Waals surface area contributed by atoms with E-state index < -0.39 is 10.1 Å². The van der Waals surface area contributed by atoms with Crippen molar-refractivity contribution in [1.82, 2.24) is 4.57 Å². The van der Waals surface area contributed by atoms with E-state index in [1.54, 1.807) is 4.57 Å². The van der Waals surface area contributed by atoms with Gasteiger partial charge in [0.1, 0.15) is 6.61 Å². The van der Waals surface area contributed by atoms with Crippen LogP contribution in [0, 0.1) is 0 Å². The van der Waals surface area contributed by atoms with Crippen molar-refractivity contribution in [2.24, 2.45) is 0 Å². The minimum Gasteiger partial charge on any atom is -0.460 e. The van der Waals surface area contributed by atoms with Gasteiger partial charge in [0.15, 0.2) is 0 Å². The molecule has 2 aromatic carbocycles. The van der Waals surface area contributed by atoms with E-state index in [2.05, 4.69) is 35.6 Å². The van der Waals surface area contributed by atoms with Crippen LogP contribution in [-0.4, -0.2) is 29.8 Å². The number of allylic oxidation sites excluding steroid dienone is 1. The Balaban J connectivity index is 0.000000371. The number of esters is 1. The number of cyclic esters (lactones) is 1. The van der Waals surface area contributed by atoms with Crippen molar-refractivity contribution in [3.8, 4) is 0 Å². The summed E-state index contributed by atoms with van der Waals surface area (Å²) in [6.07, 6.45) is 0.875. The monoisotopic (exact) mass is 438 g/mol. The fourth-order valence-corrected chi connectivity index (χ4v) is 4.36. The molecule has 8 nitrogen and oxygen atoms in total. The average molecular weight is 438 g/mol. The second kappa shape index (κ2) is 6.79. The fourth-order valence-electron chi connectivity index (χ4n) is 4.36. The van der Waals surface area contributed by atoms with E-state index in [0.29, 0.717) is 18.4 Å². The molecule has 3 aliphatic heterocycles. The molecular weight excluding hydrogens is 420 g/mol. The highest BCUT2D eigenvalue weighted by molar-refractivity contribution is 7.85. The van der Waals surface area contributed by atoms with Gasteiger partial charge in [0.05, 0.1) is 36.2 Å². The third-order valence-corrected chi connectivity index (χ3v) is 5.57. The Morgan fingerprint density at radius 2 is 1.84 bits per heavy atom. The van der Waals surface area contributed by atoms with E-state index in [0.717, 1.165) is 28.2 Å². The van der Waals surface area contributed by atoms with Crippen molar-refractivity contribution in [2.45, 2.75) is 19.6 Å². The van der Waals surface area contributed by atoms with Crippen LogP contribution >= 0.6 is 0 Å². The predicted octanol–water partition coefficient (Wildman–Crippen LogP) is 2.41. The number of pyridine rings is 1. The molecule has 0 unspecified atom stereocenters. The number of ether oxygens (including phenoxy) is 1. The van der Waals surface area contributed by atoms with E-state index in [-0.39, 0.29) is 24.6 Å². The number of aromatic nitrogens is 1. The van der Waals surface area contributed by atoms with Crippen molar-refractivity contribution >= 4 is 43.8 Å². The molecule has 0 saturated carbocycles. The maximum Gasteiger partial charge on any atom is 0.310 e. The number of nitrogens with zero attached hydrogens (tertiary/aromatic N) is 1. The first-order chi connectivity index (χ1) is 14.7. The Labute approximate surface area is 177 Å². The molecule has 3 aromatic rings. The number of fused-ring (bicyclic) bond motifs is 4. The van der Waals surface area contributed by atoms with Gasteiger partial charge in [-0.1, -0.05) is 30.3 Å². The van der Waals surface area contributed by atoms with Crippen LogP contribution in [0.1, 0.15) is 22.4 Å². The summed E-state index contributed by atoms with van der Waals surface area (Å²) >= 11 is 0. The molecule has 0 atom stereocenters. The minimum atomic E-state index is -3.67. The highest BCUT2D eigenvalue weighted by atomic mass is 32.2. The van der Waals surface area contributed by atoms with Crippen LogP contribution in [0.3, 0.4) is 0 Å². The Kier molecular flexibility index (Phi) is 4.28. The van der Waals surface area contributed by atoms with E-state index >= 15 is 0 Å². The molecule has 2 N–H and O–H groups in total. The molecule has 0 bridgehead atoms. The molecule has 158 valence electrons. The molecule has 0 amide bonds. The topological polar surface area (TPSA) is 115 Å². The molecule has 3 aliphatic rings. The summed E-state index contributed by atoms with van der Waals surface area (Å²) in [4.78, 5) is 24.6. The van der Waals surface area contributed by atoms with Crippen LogP contribution in [-0.2, 0) is 39.2 Å². The Hall–Kier alpha value is -3.43. The van der Waals surface area contributed by atoms with Gasteiger partial charge in [-0.25, -0.2) is 0 Å². The second-order valence-electron chi connectivity index (χ2n) is 7.68. The van der Waals surface area contributed by atoms with Crippen LogP contribution in [0.2, 0.25) is 0 Å². The smallest absolute Gasteiger partial charge is 0.310 e. The van der Waals surface area contributed by atoms with Gasteiger partial charge in [0.25, 0.3) is 15.7 Å². The van der Waals surface area contributed by atoms with Crippen molar-refractivity contribution in [2.75, 3.05) is 11.6 Å². The lowest BCUT2D eigenvalue weighted by molar-refractivity contribution is -0.145. The molecule has 31 heavy (non-hydrogen) atoms. The summed E-state index contributed by atoms with van der Waals surface area (Å²) in [5.74, 6) is -0.277. The Morgan fingerprint density at radius 3 is 2.58 bits per heavy atom. The number of benzene rings is 2. The van der Waals surface area contributed by atoms with Gasteiger partial charge in [-0.05, 0) is 28.6 Å². The zero-order valence-corrected chi connectivity index (χ0v) is 17.3. The molecule has 0 saturated heterocycles. The summed E-state index contributed by atoms with van der Waals surface area (Å²) in [5.41, 5.74) is 6.49. The van der Waals surface area contributed by atoms with Gasteiger partial charge in [0, 0.05) is 16.6 Å². The molecule has 0 spiro atoms. The first kappa shape index (κ1) is 19.5. The summed E-state index contributed by atoms with van der Waals surface area (Å²) < 4.78 is 32.7. The van der Waals surface area contributed by atoms with E-state index in [1.165, 1.54) is 16.3 Å². The maximum atomic E-state index is 13.0. The molecule has 1 aromatic heterocycles. The van der Waals surface area contributed by atoms with Gasteiger partial charge in [-0.3, -0.25) is 14.1 Å². The van der Waals surface area contributed by atoms with Crippen LogP contribution in [0.5, 0.6) is 0 Å². The molecule has 0 fully saturated rings. The lowest BCUT2D eigenvalue weighted by Crippen LogP contribution is -2.30. The standard InChI is InChI=1S/C21H14N2O3.CH4O3S/c24-18-8-12-7-17-20-14(9-23(17)21(25)15(12)10-26-18)13-5-1-3-11-4-2-6-16(22-20)19(11)13;1-5(2,3)4/h1-7,22H,8-10H2;1H3,(H,2,3,4). The largest absolute Gasteiger partial charge is 0.460 e. The van der Waals surface area contributed by atoms with Gasteiger partial charge in [-0.2, -0.15) is 8.42 Å². The number of anilines is 1. The third kappa shape index (κ3) is 3.31. The van der Waals surface area contributed by atoms with Crippen molar-refractivity contribution in [3.63, 3.8) is 0 Å². The summed E-state index contributed by atoms with van der Waals surface area (Å²) in [6, 6.07) is 14.4. The molecule has 0 aliphatic carbocycles. The second-order valence-corrected chi connectivity index (χ2v) is 9.15. The molecule has 4 heterocycles. The average Bonchev–Trinajstić information content (AvgIpc) is 3.06. The SMILES string of the molecule is CS(=O)(=O)O.O=C1Cc2cc3n(c(=O)c2CO1)CC1=C3Nc2cccc3cccc1c23. The highest BCUT2D eigenvalue weighted by Crippen LogP contribution is 2.44. The summed E-state index contributed by atoms with van der Waals surface area (Å²) in [7, 11) is -3.67. The van der Waals surface area contributed by atoms with Crippen LogP contribution in [0.25, 0.3) is 22.0 Å². The number of carbonyl (C=O) groups is 1. The van der Waals surface area contributed by atoms with Crippen LogP contribution in [0.15, 0.2) is 47.3 Å². The number of carbonyl (C=O) groups excluding carboxylic acids is 1. The lowest BCUT2D eigenvalue weighted by Gasteiger charge is -2.21. The zero-order valence-electron chi connectivity index (χ0n) is 16.5. The van der Waals surface area contributed by atoms with Crippen LogP contribution < -0.4 is 10.9 Å². The van der Waals surface area contributed by atoms with E-state index in [1.807, 2.05) is 12.1 Å². The first-order valence-electron chi connectivity index (χ1n) is 9.57. The molecular formula is C22H18N2O6S. The highest BCUT2D eigenvalue weighted by Gasteiger charge is 2.32. The quantitative estimate of drug-likeness (QED) is 0.409. The number of hydrogen-bond donors (Lipinski definition) is 2. The first-order valence-corrected chi connectivity index (χ1v) is 11.4. The zero-order chi connectivity index (χ0) is 21.9. The molecule has 0 radical (unpaired) electrons. The summed E-state index contributed by atoms with van der Waals surface area (Å²) in [5, 5.41) is 5.90. The van der Waals surface area contributed by atoms with Gasteiger partial charge < -0.3 is 14.6 Å². The van der Waals surface area contributed by atoms with Gasteiger partial charge in [0.2, 0.25) is 0 Å². The Morgan fingerprint density at radius 1 is 1.13 bits per heavy atom. The summed E-state index contributed by atoms with van der Waals surface area (Å²) in [6.45, 7) is 0.604. The van der Waals surface area contributed by atoms with Crippen LogP contribution in [0.4, 0.5) is 5.69 Å². The normalized spacial score (nSPS) is 15.9. The van der Waals surface area contributed by atoms with Crippen molar-refractivity contribution < 1.29 is 22.5 Å². The lowest BCUT2D eigenvalue weighted by atomic mass is 9.93. The van der Waals surface area contributed by atoms with E-state index in [9.17, 15) is 18.0 Å². The maximum absolute atomic E-state index is 13.0. The Bertz CT molecular complexity index is 1470.